The van der Waals surface area contributed by atoms with E-state index >= 15 is 0 Å². The molecule has 2 aromatic heterocycles. The van der Waals surface area contributed by atoms with Gasteiger partial charge in [0.2, 0.25) is 5.82 Å². The molecule has 2 N–H and O–H groups in total. The zero-order chi connectivity index (χ0) is 17.2. The summed E-state index contributed by atoms with van der Waals surface area (Å²) in [5.41, 5.74) is 7.70. The third kappa shape index (κ3) is 3.18. The second-order valence-electron chi connectivity index (χ2n) is 6.05. The summed E-state index contributed by atoms with van der Waals surface area (Å²) >= 11 is 0. The molecule has 7 heteroatoms. The Morgan fingerprint density at radius 3 is 2.76 bits per heavy atom. The highest BCUT2D eigenvalue weighted by molar-refractivity contribution is 5.63. The Kier molecular flexibility index (Phi) is 4.07. The van der Waals surface area contributed by atoms with E-state index in [1.165, 1.54) is 0 Å². The van der Waals surface area contributed by atoms with Crippen molar-refractivity contribution in [2.45, 2.75) is 12.5 Å². The van der Waals surface area contributed by atoms with E-state index in [9.17, 15) is 0 Å². The molecule has 0 spiro atoms. The van der Waals surface area contributed by atoms with Gasteiger partial charge < -0.3 is 19.9 Å². The van der Waals surface area contributed by atoms with Gasteiger partial charge in [0.25, 0.3) is 5.89 Å². The molecule has 3 aromatic rings. The Balaban J connectivity index is 1.59. The standard InChI is InChI=1S/C18H19N5O2/c1-24-15-4-2-12(3-5-15)17-21-18(25-22-17)13-6-8-20-16(10-13)23-9-7-14(19)11-23/h2-6,8,10,14H,7,9,11,19H2,1H3. The summed E-state index contributed by atoms with van der Waals surface area (Å²) in [6.45, 7) is 1.73. The molecule has 1 aromatic carbocycles. The summed E-state index contributed by atoms with van der Waals surface area (Å²) in [6, 6.07) is 11.6. The summed E-state index contributed by atoms with van der Waals surface area (Å²) in [4.78, 5) is 11.1. The van der Waals surface area contributed by atoms with Crippen LogP contribution in [-0.4, -0.2) is 41.4 Å². The van der Waals surface area contributed by atoms with Crippen molar-refractivity contribution in [1.29, 1.82) is 0 Å². The highest BCUT2D eigenvalue weighted by Crippen LogP contribution is 2.26. The monoisotopic (exact) mass is 337 g/mol. The Bertz CT molecular complexity index is 862. The first-order chi connectivity index (χ1) is 12.2. The van der Waals surface area contributed by atoms with Gasteiger partial charge >= 0.3 is 0 Å². The van der Waals surface area contributed by atoms with Gasteiger partial charge in [-0.3, -0.25) is 0 Å². The van der Waals surface area contributed by atoms with Gasteiger partial charge in [0, 0.05) is 36.5 Å². The van der Waals surface area contributed by atoms with E-state index in [2.05, 4.69) is 20.0 Å². The summed E-state index contributed by atoms with van der Waals surface area (Å²) in [7, 11) is 1.63. The quantitative estimate of drug-likeness (QED) is 0.781. The minimum absolute atomic E-state index is 0.204. The maximum atomic E-state index is 5.98. The number of pyridine rings is 1. The van der Waals surface area contributed by atoms with Gasteiger partial charge in [0.05, 0.1) is 7.11 Å². The van der Waals surface area contributed by atoms with E-state index in [4.69, 9.17) is 15.0 Å². The Morgan fingerprint density at radius 2 is 2.04 bits per heavy atom. The van der Waals surface area contributed by atoms with Crippen molar-refractivity contribution < 1.29 is 9.26 Å². The van der Waals surface area contributed by atoms with Crippen LogP contribution >= 0.6 is 0 Å². The van der Waals surface area contributed by atoms with Crippen LogP contribution in [0.5, 0.6) is 5.75 Å². The summed E-state index contributed by atoms with van der Waals surface area (Å²) in [5.74, 6) is 2.68. The number of aromatic nitrogens is 3. The van der Waals surface area contributed by atoms with Crippen molar-refractivity contribution >= 4 is 5.82 Å². The number of benzene rings is 1. The molecule has 1 fully saturated rings. The summed E-state index contributed by atoms with van der Waals surface area (Å²) in [5, 5.41) is 4.08. The number of nitrogens with zero attached hydrogens (tertiary/aromatic N) is 4. The molecule has 0 radical (unpaired) electrons. The molecule has 1 unspecified atom stereocenters. The van der Waals surface area contributed by atoms with Gasteiger partial charge in [0.1, 0.15) is 11.6 Å². The van der Waals surface area contributed by atoms with Crippen LogP contribution < -0.4 is 15.4 Å². The van der Waals surface area contributed by atoms with E-state index < -0.39 is 0 Å². The molecule has 25 heavy (non-hydrogen) atoms. The maximum Gasteiger partial charge on any atom is 0.258 e. The van der Waals surface area contributed by atoms with Crippen LogP contribution in [0.1, 0.15) is 6.42 Å². The first-order valence-corrected chi connectivity index (χ1v) is 8.18. The fraction of sp³-hybridized carbons (Fsp3) is 0.278. The fourth-order valence-electron chi connectivity index (χ4n) is 2.92. The summed E-state index contributed by atoms with van der Waals surface area (Å²) < 4.78 is 10.6. The van der Waals surface area contributed by atoms with Gasteiger partial charge in [-0.05, 0) is 42.8 Å². The zero-order valence-electron chi connectivity index (χ0n) is 13.9. The predicted octanol–water partition coefficient (Wildman–Crippen LogP) is 2.34. The van der Waals surface area contributed by atoms with Crippen LogP contribution in [0.15, 0.2) is 47.1 Å². The number of ether oxygens (including phenoxy) is 1. The van der Waals surface area contributed by atoms with E-state index in [0.717, 1.165) is 42.2 Å². The minimum Gasteiger partial charge on any atom is -0.497 e. The van der Waals surface area contributed by atoms with Crippen molar-refractivity contribution in [3.8, 4) is 28.6 Å². The molecule has 3 heterocycles. The molecule has 1 saturated heterocycles. The number of hydrogen-bond donors (Lipinski definition) is 1. The smallest absolute Gasteiger partial charge is 0.258 e. The lowest BCUT2D eigenvalue weighted by atomic mass is 10.2. The lowest BCUT2D eigenvalue weighted by Crippen LogP contribution is -2.26. The number of anilines is 1. The first kappa shape index (κ1) is 15.6. The Labute approximate surface area is 145 Å². The highest BCUT2D eigenvalue weighted by Gasteiger charge is 2.21. The molecule has 0 bridgehead atoms. The molecular formula is C18H19N5O2. The van der Waals surface area contributed by atoms with Crippen LogP contribution in [0, 0.1) is 0 Å². The Hall–Kier alpha value is -2.93. The molecule has 1 atom stereocenters. The first-order valence-electron chi connectivity index (χ1n) is 8.18. The van der Waals surface area contributed by atoms with Crippen LogP contribution in [0.3, 0.4) is 0 Å². The average molecular weight is 337 g/mol. The van der Waals surface area contributed by atoms with Crippen LogP contribution in [-0.2, 0) is 0 Å². The molecule has 1 aliphatic heterocycles. The van der Waals surface area contributed by atoms with E-state index in [1.807, 2.05) is 36.4 Å². The lowest BCUT2D eigenvalue weighted by molar-refractivity contribution is 0.415. The fourth-order valence-corrected chi connectivity index (χ4v) is 2.92. The third-order valence-electron chi connectivity index (χ3n) is 4.32. The van der Waals surface area contributed by atoms with Gasteiger partial charge in [-0.25, -0.2) is 4.98 Å². The van der Waals surface area contributed by atoms with E-state index in [0.29, 0.717) is 11.7 Å². The second kappa shape index (κ2) is 6.52. The highest BCUT2D eigenvalue weighted by atomic mass is 16.5. The summed E-state index contributed by atoms with van der Waals surface area (Å²) in [6.07, 6.45) is 2.74. The van der Waals surface area contributed by atoms with E-state index in [-0.39, 0.29) is 6.04 Å². The molecule has 4 rings (SSSR count). The van der Waals surface area contributed by atoms with Crippen molar-refractivity contribution in [2.24, 2.45) is 5.73 Å². The van der Waals surface area contributed by atoms with Crippen molar-refractivity contribution in [2.75, 3.05) is 25.1 Å². The topological polar surface area (TPSA) is 90.3 Å². The van der Waals surface area contributed by atoms with Crippen LogP contribution in [0.25, 0.3) is 22.8 Å². The second-order valence-corrected chi connectivity index (χ2v) is 6.05. The molecular weight excluding hydrogens is 318 g/mol. The third-order valence-corrected chi connectivity index (χ3v) is 4.32. The van der Waals surface area contributed by atoms with Crippen molar-refractivity contribution in [3.05, 3.63) is 42.6 Å². The largest absolute Gasteiger partial charge is 0.497 e. The maximum absolute atomic E-state index is 5.98. The van der Waals surface area contributed by atoms with Crippen molar-refractivity contribution in [3.63, 3.8) is 0 Å². The molecule has 128 valence electrons. The number of nitrogens with two attached hydrogens (primary N) is 1. The number of rotatable bonds is 4. The van der Waals surface area contributed by atoms with Gasteiger partial charge in [-0.2, -0.15) is 4.98 Å². The molecule has 7 nitrogen and oxygen atoms in total. The number of hydrogen-bond acceptors (Lipinski definition) is 7. The zero-order valence-corrected chi connectivity index (χ0v) is 13.9. The molecule has 0 saturated carbocycles. The van der Waals surface area contributed by atoms with Crippen LogP contribution in [0.2, 0.25) is 0 Å². The molecule has 0 amide bonds. The minimum atomic E-state index is 0.204. The van der Waals surface area contributed by atoms with Gasteiger partial charge in [0.15, 0.2) is 0 Å². The van der Waals surface area contributed by atoms with Crippen molar-refractivity contribution in [1.82, 2.24) is 15.1 Å². The Morgan fingerprint density at radius 1 is 1.20 bits per heavy atom. The number of methoxy groups -OCH3 is 1. The lowest BCUT2D eigenvalue weighted by Gasteiger charge is -2.16. The molecule has 1 aliphatic rings. The van der Waals surface area contributed by atoms with Gasteiger partial charge in [-0.1, -0.05) is 5.16 Å². The van der Waals surface area contributed by atoms with Gasteiger partial charge in [-0.15, -0.1) is 0 Å². The SMILES string of the molecule is COc1ccc(-c2noc(-c3ccnc(N4CCC(N)C4)c3)n2)cc1. The normalized spacial score (nSPS) is 17.0. The van der Waals surface area contributed by atoms with E-state index in [1.54, 1.807) is 13.3 Å². The average Bonchev–Trinajstić information content (AvgIpc) is 3.31. The molecule has 0 aliphatic carbocycles. The van der Waals surface area contributed by atoms with Crippen LogP contribution in [0.4, 0.5) is 5.82 Å². The predicted molar refractivity (Wildman–Crippen MR) is 94.3 cm³/mol.